The molecule has 0 radical (unpaired) electrons. The van der Waals surface area contributed by atoms with Crippen molar-refractivity contribution in [3.05, 3.63) is 38.2 Å². The number of aromatic amines is 1. The van der Waals surface area contributed by atoms with Crippen LogP contribution in [0.2, 0.25) is 0 Å². The first kappa shape index (κ1) is 18.5. The maximum absolute atomic E-state index is 13.0. The fourth-order valence-corrected chi connectivity index (χ4v) is 2.83. The topological polar surface area (TPSA) is 138 Å². The second-order valence-electron chi connectivity index (χ2n) is 5.87. The zero-order chi connectivity index (χ0) is 19.4. The van der Waals surface area contributed by atoms with Crippen LogP contribution >= 0.6 is 0 Å². The Labute approximate surface area is 142 Å². The molecule has 3 heterocycles. The molecule has 0 saturated carbocycles. The molecule has 1 saturated heterocycles. The van der Waals surface area contributed by atoms with Crippen molar-refractivity contribution in [2.45, 2.75) is 37.6 Å². The van der Waals surface area contributed by atoms with Crippen molar-refractivity contribution in [1.29, 1.82) is 0 Å². The van der Waals surface area contributed by atoms with Crippen LogP contribution in [0.5, 0.6) is 0 Å². The molecule has 1 aliphatic rings. The summed E-state index contributed by atoms with van der Waals surface area (Å²) in [7, 11) is 0. The van der Waals surface area contributed by atoms with Gasteiger partial charge in [0, 0.05) is 11.8 Å². The number of aliphatic hydroxyl groups is 3. The third-order valence-electron chi connectivity index (χ3n) is 4.23. The smallest absolute Gasteiger partial charge is 0.394 e. The van der Waals surface area contributed by atoms with E-state index in [-0.39, 0.29) is 5.39 Å². The van der Waals surface area contributed by atoms with E-state index >= 15 is 0 Å². The molecule has 0 amide bonds. The van der Waals surface area contributed by atoms with Crippen molar-refractivity contribution in [2.24, 2.45) is 0 Å². The van der Waals surface area contributed by atoms with E-state index < -0.39 is 65.3 Å². The Morgan fingerprint density at radius 1 is 1.31 bits per heavy atom. The van der Waals surface area contributed by atoms with Crippen LogP contribution < -0.4 is 11.1 Å². The zero-order valence-electron chi connectivity index (χ0n) is 13.2. The second-order valence-corrected chi connectivity index (χ2v) is 5.87. The van der Waals surface area contributed by atoms with E-state index in [1.54, 1.807) is 0 Å². The van der Waals surface area contributed by atoms with Gasteiger partial charge in [0.1, 0.15) is 29.7 Å². The highest BCUT2D eigenvalue weighted by Gasteiger charge is 2.44. The van der Waals surface area contributed by atoms with Crippen molar-refractivity contribution in [1.82, 2.24) is 14.5 Å². The normalized spacial score (nSPS) is 26.6. The quantitative estimate of drug-likeness (QED) is 0.528. The first-order valence-corrected chi connectivity index (χ1v) is 7.41. The number of aliphatic hydroxyl groups excluding tert-OH is 3. The lowest BCUT2D eigenvalue weighted by molar-refractivity contribution is -0.141. The molecule has 1 aliphatic heterocycles. The molecular weight excluding hydrogens is 363 g/mol. The molecular formula is C14H14F3N3O6. The van der Waals surface area contributed by atoms with E-state index in [4.69, 9.17) is 9.84 Å². The number of nitrogens with zero attached hydrogens (tertiary/aromatic N) is 2. The van der Waals surface area contributed by atoms with Gasteiger partial charge in [-0.3, -0.25) is 9.36 Å². The number of ether oxygens (including phenoxy) is 1. The molecule has 0 bridgehead atoms. The standard InChI is InChI=1S/C14H14F3N3O6/c1-4-7(22)5-2-20(12-9(24)8(23)6(3-21)26-12)13(25)19-11(5)18-10(4)14(15,16)17/h2,6,8-9,12,21,23-24H,3H2,1H3,(H,18,19,25)/t6-,8?,9+,12-/m1/s1. The summed E-state index contributed by atoms with van der Waals surface area (Å²) in [5, 5.41) is 28.5. The molecule has 142 valence electrons. The fourth-order valence-electron chi connectivity index (χ4n) is 2.83. The molecule has 0 aliphatic carbocycles. The van der Waals surface area contributed by atoms with Crippen LogP contribution in [0.3, 0.4) is 0 Å². The Morgan fingerprint density at radius 2 is 1.96 bits per heavy atom. The summed E-state index contributed by atoms with van der Waals surface area (Å²) in [5.74, 6) is 0. The summed E-state index contributed by atoms with van der Waals surface area (Å²) in [5.41, 5.74) is -4.61. The van der Waals surface area contributed by atoms with E-state index in [2.05, 4.69) is 4.98 Å². The van der Waals surface area contributed by atoms with Gasteiger partial charge in [-0.1, -0.05) is 0 Å². The number of alkyl halides is 3. The van der Waals surface area contributed by atoms with Gasteiger partial charge < -0.3 is 25.0 Å². The van der Waals surface area contributed by atoms with Crippen LogP contribution in [-0.4, -0.2) is 54.8 Å². The number of hydrogen-bond acceptors (Lipinski definition) is 7. The fraction of sp³-hybridized carbons (Fsp3) is 0.500. The van der Waals surface area contributed by atoms with Gasteiger partial charge in [0.05, 0.1) is 12.0 Å². The van der Waals surface area contributed by atoms with Crippen LogP contribution in [0.4, 0.5) is 13.2 Å². The van der Waals surface area contributed by atoms with Crippen LogP contribution in [0, 0.1) is 6.92 Å². The lowest BCUT2D eigenvalue weighted by Crippen LogP contribution is -2.36. The summed E-state index contributed by atoms with van der Waals surface area (Å²) in [4.78, 5) is 29.8. The molecule has 12 heteroatoms. The predicted molar refractivity (Wildman–Crippen MR) is 79.4 cm³/mol. The van der Waals surface area contributed by atoms with Crippen LogP contribution in [0.1, 0.15) is 17.5 Å². The van der Waals surface area contributed by atoms with Gasteiger partial charge in [-0.15, -0.1) is 0 Å². The number of aromatic nitrogens is 3. The zero-order valence-corrected chi connectivity index (χ0v) is 13.2. The number of nitrogens with one attached hydrogen (secondary N) is 1. The van der Waals surface area contributed by atoms with Gasteiger partial charge in [-0.25, -0.2) is 4.79 Å². The second kappa shape index (κ2) is 6.16. The molecule has 1 unspecified atom stereocenters. The Bertz CT molecular complexity index is 969. The van der Waals surface area contributed by atoms with E-state index in [1.165, 1.54) is 0 Å². The summed E-state index contributed by atoms with van der Waals surface area (Å²) in [6.07, 6.45) is -9.69. The van der Waals surface area contributed by atoms with Crippen molar-refractivity contribution in [3.8, 4) is 0 Å². The van der Waals surface area contributed by atoms with E-state index in [0.717, 1.165) is 13.1 Å². The molecule has 3 rings (SSSR count). The number of fused-ring (bicyclic) bond motifs is 1. The first-order valence-electron chi connectivity index (χ1n) is 7.41. The minimum Gasteiger partial charge on any atom is -0.394 e. The molecule has 4 atom stereocenters. The third-order valence-corrected chi connectivity index (χ3v) is 4.23. The molecule has 2 aromatic rings. The molecule has 0 aromatic carbocycles. The van der Waals surface area contributed by atoms with Crippen molar-refractivity contribution in [2.75, 3.05) is 6.61 Å². The Morgan fingerprint density at radius 3 is 2.50 bits per heavy atom. The lowest BCUT2D eigenvalue weighted by atomic mass is 10.1. The lowest BCUT2D eigenvalue weighted by Gasteiger charge is -2.18. The van der Waals surface area contributed by atoms with Gasteiger partial charge in [-0.2, -0.15) is 18.2 Å². The number of H-pyrrole nitrogens is 1. The average molecular weight is 377 g/mol. The molecule has 9 nitrogen and oxygen atoms in total. The van der Waals surface area contributed by atoms with Gasteiger partial charge in [0.2, 0.25) is 0 Å². The number of hydrogen-bond donors (Lipinski definition) is 4. The average Bonchev–Trinajstić information content (AvgIpc) is 2.84. The highest BCUT2D eigenvalue weighted by Crippen LogP contribution is 2.31. The van der Waals surface area contributed by atoms with Gasteiger partial charge in [0.25, 0.3) is 0 Å². The largest absolute Gasteiger partial charge is 0.431 e. The Balaban J connectivity index is 2.19. The number of pyridine rings is 1. The molecule has 2 aromatic heterocycles. The molecule has 4 N–H and O–H groups in total. The first-order chi connectivity index (χ1) is 12.1. The van der Waals surface area contributed by atoms with Gasteiger partial charge >= 0.3 is 11.9 Å². The van der Waals surface area contributed by atoms with Crippen LogP contribution in [-0.2, 0) is 10.9 Å². The maximum atomic E-state index is 13.0. The van der Waals surface area contributed by atoms with Crippen molar-refractivity contribution < 1.29 is 33.2 Å². The number of halogens is 3. The van der Waals surface area contributed by atoms with Crippen molar-refractivity contribution >= 4 is 11.0 Å². The Kier molecular flexibility index (Phi) is 4.38. The highest BCUT2D eigenvalue weighted by molar-refractivity contribution is 5.74. The molecule has 0 spiro atoms. The summed E-state index contributed by atoms with van der Waals surface area (Å²) in [6.45, 7) is 0.335. The highest BCUT2D eigenvalue weighted by atomic mass is 19.4. The van der Waals surface area contributed by atoms with E-state index in [0.29, 0.717) is 4.57 Å². The summed E-state index contributed by atoms with van der Waals surface area (Å²) < 4.78 is 44.8. The summed E-state index contributed by atoms with van der Waals surface area (Å²) in [6, 6.07) is 0. The molecule has 1 fully saturated rings. The number of rotatable bonds is 2. The minimum atomic E-state index is -4.84. The van der Waals surface area contributed by atoms with Crippen LogP contribution in [0.15, 0.2) is 15.8 Å². The van der Waals surface area contributed by atoms with E-state index in [1.807, 2.05) is 4.98 Å². The van der Waals surface area contributed by atoms with E-state index in [9.17, 15) is 33.0 Å². The van der Waals surface area contributed by atoms with Crippen LogP contribution in [0.25, 0.3) is 11.0 Å². The van der Waals surface area contributed by atoms with Gasteiger partial charge in [0.15, 0.2) is 11.7 Å². The monoisotopic (exact) mass is 377 g/mol. The minimum absolute atomic E-state index is 0.326. The summed E-state index contributed by atoms with van der Waals surface area (Å²) >= 11 is 0. The third kappa shape index (κ3) is 2.80. The van der Waals surface area contributed by atoms with Crippen molar-refractivity contribution in [3.63, 3.8) is 0 Å². The Hall–Kier alpha value is -2.28. The predicted octanol–water partition coefficient (Wildman–Crippen LogP) is -0.976. The molecule has 26 heavy (non-hydrogen) atoms. The SMILES string of the molecule is Cc1c(C(F)(F)F)[nH]c2nc(=O)n([C@@H]3O[C@H](CO)C(O)[C@@H]3O)cc2c1=O. The van der Waals surface area contributed by atoms with Gasteiger partial charge in [-0.05, 0) is 6.92 Å². The maximum Gasteiger partial charge on any atom is 0.431 e.